The van der Waals surface area contributed by atoms with Crippen LogP contribution in [-0.2, 0) is 12.8 Å². The Morgan fingerprint density at radius 3 is 2.76 bits per heavy atom. The third-order valence-electron chi connectivity index (χ3n) is 5.15. The lowest BCUT2D eigenvalue weighted by molar-refractivity contribution is 0.102. The monoisotopic (exact) mass is 387 g/mol. The molecule has 5 rings (SSSR count). The van der Waals surface area contributed by atoms with Crippen LogP contribution in [0.15, 0.2) is 60.8 Å². The molecule has 6 nitrogen and oxygen atoms in total. The van der Waals surface area contributed by atoms with E-state index in [1.165, 1.54) is 12.1 Å². The van der Waals surface area contributed by atoms with E-state index in [-0.39, 0.29) is 11.7 Å². The lowest BCUT2D eigenvalue weighted by Gasteiger charge is -2.07. The van der Waals surface area contributed by atoms with Gasteiger partial charge in [0.2, 0.25) is 0 Å². The maximum atomic E-state index is 13.3. The number of aromatic amines is 1. The average molecular weight is 387 g/mol. The number of hydrogen-bond donors (Lipinski definition) is 2. The Hall–Kier alpha value is -3.74. The summed E-state index contributed by atoms with van der Waals surface area (Å²) in [4.78, 5) is 13.0. The number of benzene rings is 2. The van der Waals surface area contributed by atoms with E-state index in [4.69, 9.17) is 0 Å². The van der Waals surface area contributed by atoms with E-state index in [1.807, 2.05) is 30.3 Å². The van der Waals surface area contributed by atoms with Crippen molar-refractivity contribution < 1.29 is 9.18 Å². The highest BCUT2D eigenvalue weighted by Gasteiger charge is 2.27. The number of H-pyrrole nitrogens is 1. The van der Waals surface area contributed by atoms with Crippen LogP contribution in [0.5, 0.6) is 0 Å². The van der Waals surface area contributed by atoms with Gasteiger partial charge >= 0.3 is 0 Å². The Kier molecular flexibility index (Phi) is 4.20. The number of carbonyl (C=O) groups is 1. The second kappa shape index (κ2) is 7.01. The van der Waals surface area contributed by atoms with Crippen LogP contribution in [0, 0.1) is 5.82 Å². The van der Waals surface area contributed by atoms with Crippen LogP contribution in [0.4, 0.5) is 10.1 Å². The van der Waals surface area contributed by atoms with Crippen molar-refractivity contribution >= 4 is 11.6 Å². The molecule has 0 saturated carbocycles. The molecule has 0 unspecified atom stereocenters. The van der Waals surface area contributed by atoms with Crippen LogP contribution in [0.3, 0.4) is 0 Å². The van der Waals surface area contributed by atoms with Crippen LogP contribution in [0.1, 0.15) is 28.2 Å². The number of hydrogen-bond acceptors (Lipinski definition) is 3. The van der Waals surface area contributed by atoms with Gasteiger partial charge in [-0.15, -0.1) is 0 Å². The van der Waals surface area contributed by atoms with Gasteiger partial charge in [-0.25, -0.2) is 9.07 Å². The quantitative estimate of drug-likeness (QED) is 0.553. The van der Waals surface area contributed by atoms with Crippen molar-refractivity contribution in [2.24, 2.45) is 0 Å². The van der Waals surface area contributed by atoms with Crippen molar-refractivity contribution in [3.63, 3.8) is 0 Å². The van der Waals surface area contributed by atoms with Crippen molar-refractivity contribution in [3.05, 3.63) is 83.6 Å². The Morgan fingerprint density at radius 2 is 1.97 bits per heavy atom. The predicted octanol–water partition coefficient (Wildman–Crippen LogP) is 4.14. The maximum absolute atomic E-state index is 13.3. The summed E-state index contributed by atoms with van der Waals surface area (Å²) in [6.45, 7) is 0. The third-order valence-corrected chi connectivity index (χ3v) is 5.15. The number of carbonyl (C=O) groups excluding carboxylic acids is 1. The summed E-state index contributed by atoms with van der Waals surface area (Å²) >= 11 is 0. The second-order valence-electron chi connectivity index (χ2n) is 7.02. The van der Waals surface area contributed by atoms with Gasteiger partial charge in [0.1, 0.15) is 5.82 Å². The van der Waals surface area contributed by atoms with Crippen molar-refractivity contribution in [1.29, 1.82) is 0 Å². The van der Waals surface area contributed by atoms with Crippen LogP contribution in [-0.4, -0.2) is 25.9 Å². The Balaban J connectivity index is 1.46. The number of halogens is 1. The summed E-state index contributed by atoms with van der Waals surface area (Å²) in [5.74, 6) is -0.543. The van der Waals surface area contributed by atoms with Gasteiger partial charge in [-0.1, -0.05) is 12.1 Å². The van der Waals surface area contributed by atoms with E-state index < -0.39 is 0 Å². The molecule has 2 N–H and O–H groups in total. The summed E-state index contributed by atoms with van der Waals surface area (Å²) in [6, 6.07) is 15.6. The lowest BCUT2D eigenvalue weighted by atomic mass is 10.1. The van der Waals surface area contributed by atoms with E-state index in [0.29, 0.717) is 11.4 Å². The SMILES string of the molecule is O=C(Nc1cccc(-c2ccn[nH]2)c1)c1nn(-c2ccc(F)cc2)c2c1CCC2. The number of rotatable bonds is 4. The summed E-state index contributed by atoms with van der Waals surface area (Å²) in [5.41, 5.74) is 5.67. The van der Waals surface area contributed by atoms with Gasteiger partial charge < -0.3 is 5.32 Å². The molecule has 2 aromatic carbocycles. The highest BCUT2D eigenvalue weighted by Crippen LogP contribution is 2.29. The molecule has 0 saturated heterocycles. The Bertz CT molecular complexity index is 1180. The number of nitrogens with one attached hydrogen (secondary N) is 2. The topological polar surface area (TPSA) is 75.6 Å². The van der Waals surface area contributed by atoms with Gasteiger partial charge in [-0.2, -0.15) is 10.2 Å². The molecule has 4 aromatic rings. The highest BCUT2D eigenvalue weighted by atomic mass is 19.1. The number of anilines is 1. The zero-order valence-corrected chi connectivity index (χ0v) is 15.5. The minimum atomic E-state index is -0.298. The van der Waals surface area contributed by atoms with E-state index >= 15 is 0 Å². The zero-order chi connectivity index (χ0) is 19.8. The molecule has 0 radical (unpaired) electrons. The minimum absolute atomic E-state index is 0.245. The maximum Gasteiger partial charge on any atom is 0.276 e. The molecular weight excluding hydrogens is 369 g/mol. The first-order valence-corrected chi connectivity index (χ1v) is 9.47. The fourth-order valence-corrected chi connectivity index (χ4v) is 3.79. The number of amides is 1. The molecule has 2 aromatic heterocycles. The number of fused-ring (bicyclic) bond motifs is 1. The van der Waals surface area contributed by atoms with Crippen molar-refractivity contribution in [2.45, 2.75) is 19.3 Å². The van der Waals surface area contributed by atoms with Crippen LogP contribution < -0.4 is 5.32 Å². The number of aromatic nitrogens is 4. The Morgan fingerprint density at radius 1 is 1.10 bits per heavy atom. The molecule has 2 heterocycles. The highest BCUT2D eigenvalue weighted by molar-refractivity contribution is 6.04. The molecule has 144 valence electrons. The van der Waals surface area contributed by atoms with E-state index in [0.717, 1.165) is 47.5 Å². The summed E-state index contributed by atoms with van der Waals surface area (Å²) < 4.78 is 15.0. The van der Waals surface area contributed by atoms with Crippen LogP contribution in [0.25, 0.3) is 16.9 Å². The fourth-order valence-electron chi connectivity index (χ4n) is 3.79. The van der Waals surface area contributed by atoms with E-state index in [9.17, 15) is 9.18 Å². The molecule has 0 fully saturated rings. The predicted molar refractivity (Wildman–Crippen MR) is 108 cm³/mol. The van der Waals surface area contributed by atoms with Crippen molar-refractivity contribution in [1.82, 2.24) is 20.0 Å². The molecule has 1 amide bonds. The second-order valence-corrected chi connectivity index (χ2v) is 7.02. The molecular formula is C22H18FN5O. The van der Waals surface area contributed by atoms with Gasteiger partial charge in [-0.05, 0) is 61.7 Å². The summed E-state index contributed by atoms with van der Waals surface area (Å²) in [6.07, 6.45) is 4.33. The first-order valence-electron chi connectivity index (χ1n) is 9.47. The van der Waals surface area contributed by atoms with Crippen molar-refractivity contribution in [3.8, 4) is 16.9 Å². The van der Waals surface area contributed by atoms with Gasteiger partial charge in [0, 0.05) is 28.7 Å². The number of nitrogens with zero attached hydrogens (tertiary/aromatic N) is 3. The smallest absolute Gasteiger partial charge is 0.276 e. The standard InChI is InChI=1S/C22H18FN5O/c23-15-7-9-17(10-8-15)28-20-6-2-5-18(20)21(27-28)22(29)25-16-4-1-3-14(13-16)19-11-12-24-26-19/h1,3-4,7-13H,2,5-6H2,(H,24,26)(H,25,29). The van der Waals surface area contributed by atoms with Crippen LogP contribution in [0.2, 0.25) is 0 Å². The molecule has 0 atom stereocenters. The summed E-state index contributed by atoms with van der Waals surface area (Å²) in [7, 11) is 0. The first-order chi connectivity index (χ1) is 14.2. The molecule has 1 aliphatic rings. The van der Waals surface area contributed by atoms with Gasteiger partial charge in [0.25, 0.3) is 5.91 Å². The van der Waals surface area contributed by atoms with Crippen molar-refractivity contribution in [2.75, 3.05) is 5.32 Å². The normalized spacial score (nSPS) is 12.7. The van der Waals surface area contributed by atoms with Gasteiger partial charge in [0.05, 0.1) is 11.4 Å². The third kappa shape index (κ3) is 3.20. The molecule has 0 aliphatic heterocycles. The molecule has 0 bridgehead atoms. The fraction of sp³-hybridized carbons (Fsp3) is 0.136. The molecule has 7 heteroatoms. The average Bonchev–Trinajstić information content (AvgIpc) is 3.47. The van der Waals surface area contributed by atoms with E-state index in [2.05, 4.69) is 20.6 Å². The molecule has 1 aliphatic carbocycles. The van der Waals surface area contributed by atoms with E-state index in [1.54, 1.807) is 23.0 Å². The van der Waals surface area contributed by atoms with Crippen LogP contribution >= 0.6 is 0 Å². The zero-order valence-electron chi connectivity index (χ0n) is 15.5. The van der Waals surface area contributed by atoms with Gasteiger partial charge in [0.15, 0.2) is 5.69 Å². The molecule has 0 spiro atoms. The first kappa shape index (κ1) is 17.4. The lowest BCUT2D eigenvalue weighted by Crippen LogP contribution is -2.15. The minimum Gasteiger partial charge on any atom is -0.321 e. The van der Waals surface area contributed by atoms with Gasteiger partial charge in [-0.3, -0.25) is 9.89 Å². The molecule has 29 heavy (non-hydrogen) atoms. The Labute approximate surface area is 166 Å². The summed E-state index contributed by atoms with van der Waals surface area (Å²) in [5, 5.41) is 14.4. The largest absolute Gasteiger partial charge is 0.321 e.